The van der Waals surface area contributed by atoms with Crippen molar-refractivity contribution >= 4 is 7.82 Å². The molecule has 0 radical (unpaired) electrons. The molecule has 13 heteroatoms. The molecule has 2 aromatic heterocycles. The van der Waals surface area contributed by atoms with Gasteiger partial charge in [0.1, 0.15) is 36.9 Å². The van der Waals surface area contributed by atoms with Crippen LogP contribution in [-0.2, 0) is 15.6 Å². The Labute approximate surface area is 145 Å². The maximum Gasteiger partial charge on any atom is 0.471 e. The second-order valence-electron chi connectivity index (χ2n) is 5.25. The van der Waals surface area contributed by atoms with Crippen molar-refractivity contribution in [2.24, 2.45) is 0 Å². The van der Waals surface area contributed by atoms with Gasteiger partial charge in [0.2, 0.25) is 0 Å². The molecule has 3 aromatic rings. The van der Waals surface area contributed by atoms with Crippen LogP contribution in [0, 0.1) is 11.6 Å². The molecule has 0 bridgehead atoms. The summed E-state index contributed by atoms with van der Waals surface area (Å²) < 4.78 is 46.3. The number of phosphoric acid groups is 1. The average Bonchev–Trinajstić information content (AvgIpc) is 3.24. The van der Waals surface area contributed by atoms with Gasteiger partial charge in [0.05, 0.1) is 12.5 Å². The van der Waals surface area contributed by atoms with E-state index in [0.717, 1.165) is 23.4 Å². The van der Waals surface area contributed by atoms with Gasteiger partial charge in [-0.15, -0.1) is 0 Å². The lowest BCUT2D eigenvalue weighted by Crippen LogP contribution is -2.25. The van der Waals surface area contributed by atoms with Crippen LogP contribution in [0.5, 0.6) is 0 Å². The normalized spacial score (nSPS) is 14.3. The summed E-state index contributed by atoms with van der Waals surface area (Å²) >= 11 is 0. The molecule has 26 heavy (non-hydrogen) atoms. The standard InChI is InChI=1S/C13H13F2N6O4P/c14-9-1-2-10(12(15)3-9)11(4-20-7-16-5-18-20)13(25-26(22,23)24)21-8-17-6-19-21/h1-3,5-8,11,13H,4H2,(H2,22,23,24)/t11-,13+/m0/s1. The summed E-state index contributed by atoms with van der Waals surface area (Å²) in [6.45, 7) is -0.0763. The van der Waals surface area contributed by atoms with Crippen LogP contribution >= 0.6 is 7.82 Å². The van der Waals surface area contributed by atoms with E-state index in [2.05, 4.69) is 20.2 Å². The van der Waals surface area contributed by atoms with Gasteiger partial charge in [0, 0.05) is 6.07 Å². The summed E-state index contributed by atoms with van der Waals surface area (Å²) in [5, 5.41) is 7.72. The fraction of sp³-hybridized carbons (Fsp3) is 0.231. The van der Waals surface area contributed by atoms with Gasteiger partial charge in [0.15, 0.2) is 6.23 Å². The molecule has 0 spiro atoms. The quantitative estimate of drug-likeness (QED) is 0.581. The van der Waals surface area contributed by atoms with Gasteiger partial charge >= 0.3 is 7.82 Å². The minimum Gasteiger partial charge on any atom is -0.303 e. The zero-order chi connectivity index (χ0) is 18.7. The van der Waals surface area contributed by atoms with Crippen LogP contribution in [0.3, 0.4) is 0 Å². The van der Waals surface area contributed by atoms with Crippen molar-refractivity contribution in [2.75, 3.05) is 0 Å². The lowest BCUT2D eigenvalue weighted by molar-refractivity contribution is 0.0432. The van der Waals surface area contributed by atoms with Crippen LogP contribution in [-0.4, -0.2) is 39.3 Å². The molecule has 2 heterocycles. The third kappa shape index (κ3) is 4.35. The third-order valence-electron chi connectivity index (χ3n) is 3.50. The first-order chi connectivity index (χ1) is 12.3. The van der Waals surface area contributed by atoms with E-state index in [1.165, 1.54) is 23.4 Å². The zero-order valence-corrected chi connectivity index (χ0v) is 13.9. The molecule has 3 rings (SSSR count). The Kier molecular flexibility index (Phi) is 5.18. The van der Waals surface area contributed by atoms with E-state index in [1.807, 2.05) is 0 Å². The Morgan fingerprint density at radius 1 is 1.15 bits per heavy atom. The van der Waals surface area contributed by atoms with E-state index in [0.29, 0.717) is 6.07 Å². The Morgan fingerprint density at radius 2 is 1.88 bits per heavy atom. The van der Waals surface area contributed by atoms with Crippen molar-refractivity contribution in [3.8, 4) is 0 Å². The molecule has 0 unspecified atom stereocenters. The van der Waals surface area contributed by atoms with Crippen molar-refractivity contribution in [3.05, 3.63) is 60.7 Å². The Balaban J connectivity index is 2.08. The Hall–Kier alpha value is -2.53. The number of benzene rings is 1. The number of nitrogens with zero attached hydrogens (tertiary/aromatic N) is 6. The maximum absolute atomic E-state index is 14.4. The first-order valence-electron chi connectivity index (χ1n) is 7.19. The number of hydrogen-bond acceptors (Lipinski definition) is 6. The molecular weight excluding hydrogens is 373 g/mol. The molecular formula is C13H13F2N6O4P. The Morgan fingerprint density at radius 3 is 2.46 bits per heavy atom. The van der Waals surface area contributed by atoms with Crippen LogP contribution in [0.15, 0.2) is 43.5 Å². The number of rotatable bonds is 7. The molecule has 0 saturated carbocycles. The van der Waals surface area contributed by atoms with Gasteiger partial charge in [-0.3, -0.25) is 9.21 Å². The summed E-state index contributed by atoms with van der Waals surface area (Å²) in [6.07, 6.45) is 3.43. The predicted molar refractivity (Wildman–Crippen MR) is 81.3 cm³/mol. The topological polar surface area (TPSA) is 128 Å². The summed E-state index contributed by atoms with van der Waals surface area (Å²) in [6, 6.07) is 2.86. The second kappa shape index (κ2) is 7.38. The summed E-state index contributed by atoms with van der Waals surface area (Å²) in [5.74, 6) is -2.74. The molecule has 1 aromatic carbocycles. The first kappa shape index (κ1) is 18.3. The van der Waals surface area contributed by atoms with Gasteiger partial charge < -0.3 is 9.79 Å². The largest absolute Gasteiger partial charge is 0.471 e. The second-order valence-corrected chi connectivity index (χ2v) is 6.44. The third-order valence-corrected chi connectivity index (χ3v) is 3.99. The van der Waals surface area contributed by atoms with Crippen LogP contribution in [0.2, 0.25) is 0 Å². The number of hydrogen-bond donors (Lipinski definition) is 2. The SMILES string of the molecule is O=P(O)(O)O[C@H]([C@@H](Cn1cncn1)c1ccc(F)cc1F)n1cncn1. The molecule has 2 N–H and O–H groups in total. The fourth-order valence-corrected chi connectivity index (χ4v) is 2.99. The molecule has 0 aliphatic heterocycles. The molecule has 10 nitrogen and oxygen atoms in total. The number of halogens is 2. The van der Waals surface area contributed by atoms with Crippen molar-refractivity contribution in [1.29, 1.82) is 0 Å². The van der Waals surface area contributed by atoms with E-state index in [1.54, 1.807) is 0 Å². The maximum atomic E-state index is 14.4. The van der Waals surface area contributed by atoms with Crippen LogP contribution < -0.4 is 0 Å². The Bertz CT molecular complexity index is 902. The molecule has 2 atom stereocenters. The lowest BCUT2D eigenvalue weighted by Gasteiger charge is -2.27. The molecule has 0 aliphatic rings. The van der Waals surface area contributed by atoms with Gasteiger partial charge in [-0.05, 0) is 11.6 Å². The van der Waals surface area contributed by atoms with E-state index in [9.17, 15) is 23.1 Å². The van der Waals surface area contributed by atoms with E-state index >= 15 is 0 Å². The van der Waals surface area contributed by atoms with Crippen LogP contribution in [0.1, 0.15) is 17.7 Å². The average molecular weight is 386 g/mol. The van der Waals surface area contributed by atoms with Crippen molar-refractivity contribution in [1.82, 2.24) is 29.5 Å². The lowest BCUT2D eigenvalue weighted by atomic mass is 9.96. The van der Waals surface area contributed by atoms with E-state index in [4.69, 9.17) is 4.52 Å². The zero-order valence-electron chi connectivity index (χ0n) is 13.0. The smallest absolute Gasteiger partial charge is 0.303 e. The number of phosphoric ester groups is 1. The highest BCUT2D eigenvalue weighted by atomic mass is 31.2. The van der Waals surface area contributed by atoms with Crippen molar-refractivity contribution in [2.45, 2.75) is 18.7 Å². The van der Waals surface area contributed by atoms with E-state index < -0.39 is 31.6 Å². The summed E-state index contributed by atoms with van der Waals surface area (Å²) in [4.78, 5) is 26.0. The van der Waals surface area contributed by atoms with Gasteiger partial charge in [0.25, 0.3) is 0 Å². The molecule has 0 saturated heterocycles. The fourth-order valence-electron chi connectivity index (χ4n) is 2.47. The first-order valence-corrected chi connectivity index (χ1v) is 8.72. The highest BCUT2D eigenvalue weighted by molar-refractivity contribution is 7.46. The van der Waals surface area contributed by atoms with Crippen LogP contribution in [0.4, 0.5) is 8.78 Å². The molecule has 0 amide bonds. The van der Waals surface area contributed by atoms with Gasteiger partial charge in [-0.2, -0.15) is 10.2 Å². The number of aromatic nitrogens is 6. The predicted octanol–water partition coefficient (Wildman–Crippen LogP) is 1.24. The van der Waals surface area contributed by atoms with Crippen molar-refractivity contribution in [3.63, 3.8) is 0 Å². The minimum atomic E-state index is -4.98. The van der Waals surface area contributed by atoms with E-state index in [-0.39, 0.29) is 12.1 Å². The summed E-state index contributed by atoms with van der Waals surface area (Å²) in [7, 11) is -4.98. The molecule has 0 aliphatic carbocycles. The molecule has 138 valence electrons. The van der Waals surface area contributed by atoms with Gasteiger partial charge in [-0.25, -0.2) is 28.0 Å². The highest BCUT2D eigenvalue weighted by Gasteiger charge is 2.35. The monoisotopic (exact) mass is 386 g/mol. The highest BCUT2D eigenvalue weighted by Crippen LogP contribution is 2.46. The minimum absolute atomic E-state index is 0.0455. The van der Waals surface area contributed by atoms with Crippen molar-refractivity contribution < 1.29 is 27.7 Å². The van der Waals surface area contributed by atoms with Gasteiger partial charge in [-0.1, -0.05) is 6.07 Å². The van der Waals surface area contributed by atoms with Crippen LogP contribution in [0.25, 0.3) is 0 Å². The molecule has 0 fully saturated rings. The summed E-state index contributed by atoms with van der Waals surface area (Å²) in [5.41, 5.74) is -0.0455.